The summed E-state index contributed by atoms with van der Waals surface area (Å²) >= 11 is 0. The van der Waals surface area contributed by atoms with Crippen molar-refractivity contribution in [2.45, 2.75) is 25.8 Å². The summed E-state index contributed by atoms with van der Waals surface area (Å²) in [5.74, 6) is -5.43. The van der Waals surface area contributed by atoms with E-state index >= 15 is 8.78 Å². The van der Waals surface area contributed by atoms with Crippen LogP contribution in [0, 0.1) is 11.6 Å². The van der Waals surface area contributed by atoms with Gasteiger partial charge < -0.3 is 25.2 Å². The molecule has 10 nitrogen and oxygen atoms in total. The molecule has 4 rings (SSSR count). The van der Waals surface area contributed by atoms with Crippen LogP contribution in [0.15, 0.2) is 53.3 Å². The number of hydrogen-bond acceptors (Lipinski definition) is 7. The number of ether oxygens (including phenoxy) is 2. The Labute approximate surface area is 249 Å². The molecule has 240 valence electrons. The van der Waals surface area contributed by atoms with Crippen LogP contribution in [0.3, 0.4) is 0 Å². The fourth-order valence-corrected chi connectivity index (χ4v) is 4.32. The number of alkyl halides is 5. The van der Waals surface area contributed by atoms with E-state index in [1.807, 2.05) is 0 Å². The van der Waals surface area contributed by atoms with Gasteiger partial charge in [-0.05, 0) is 43.3 Å². The molecule has 1 unspecified atom stereocenters. The number of methoxy groups -OCH3 is 1. The van der Waals surface area contributed by atoms with Gasteiger partial charge in [0.2, 0.25) is 0 Å². The number of halogens is 7. The molecule has 0 aliphatic heterocycles. The zero-order valence-electron chi connectivity index (χ0n) is 23.5. The zero-order valence-corrected chi connectivity index (χ0v) is 23.5. The summed E-state index contributed by atoms with van der Waals surface area (Å²) in [6.07, 6.45) is -5.07. The first-order valence-electron chi connectivity index (χ1n) is 12.8. The summed E-state index contributed by atoms with van der Waals surface area (Å²) in [5.41, 5.74) is -5.43. The lowest BCUT2D eigenvalue weighted by molar-refractivity contribution is -0.137. The largest absolute Gasteiger partial charge is 0.497 e. The fourth-order valence-electron chi connectivity index (χ4n) is 4.32. The molecular formula is C28H24F7N5O5. The first kappa shape index (κ1) is 32.8. The van der Waals surface area contributed by atoms with E-state index in [1.165, 1.54) is 6.92 Å². The van der Waals surface area contributed by atoms with Crippen LogP contribution in [0.5, 0.6) is 11.5 Å². The Balaban J connectivity index is 1.97. The van der Waals surface area contributed by atoms with E-state index < -0.39 is 76.9 Å². The van der Waals surface area contributed by atoms with Crippen molar-refractivity contribution >= 4 is 17.4 Å². The van der Waals surface area contributed by atoms with E-state index in [1.54, 1.807) is 0 Å². The third-order valence-corrected chi connectivity index (χ3v) is 6.38. The highest BCUT2D eigenvalue weighted by molar-refractivity contribution is 6.06. The summed E-state index contributed by atoms with van der Waals surface area (Å²) in [4.78, 5) is 30.9. The van der Waals surface area contributed by atoms with Gasteiger partial charge in [-0.2, -0.15) is 26.6 Å². The number of aromatic nitrogens is 3. The van der Waals surface area contributed by atoms with Gasteiger partial charge in [0.05, 0.1) is 19.3 Å². The molecule has 0 radical (unpaired) electrons. The minimum absolute atomic E-state index is 0.187. The van der Waals surface area contributed by atoms with Crippen molar-refractivity contribution in [1.29, 1.82) is 0 Å². The molecule has 1 amide bonds. The van der Waals surface area contributed by atoms with Gasteiger partial charge in [0.25, 0.3) is 11.5 Å². The average Bonchev–Trinajstić information content (AvgIpc) is 3.20. The molecule has 1 atom stereocenters. The highest BCUT2D eigenvalue weighted by atomic mass is 19.4. The number of carbonyl (C=O) groups excluding carboxylic acids is 1. The van der Waals surface area contributed by atoms with Crippen LogP contribution < -0.4 is 25.7 Å². The lowest BCUT2D eigenvalue weighted by atomic mass is 10.1. The third-order valence-electron chi connectivity index (χ3n) is 6.38. The van der Waals surface area contributed by atoms with Crippen molar-refractivity contribution in [3.63, 3.8) is 0 Å². The number of aliphatic hydroxyl groups excluding tert-OH is 1. The molecule has 0 bridgehead atoms. The van der Waals surface area contributed by atoms with E-state index in [9.17, 15) is 36.6 Å². The van der Waals surface area contributed by atoms with Gasteiger partial charge in [-0.25, -0.2) is 13.8 Å². The molecule has 0 saturated carbocycles. The lowest BCUT2D eigenvalue weighted by Crippen LogP contribution is -2.27. The van der Waals surface area contributed by atoms with Crippen LogP contribution in [0.1, 0.15) is 22.8 Å². The Morgan fingerprint density at radius 1 is 1.04 bits per heavy atom. The fraction of sp³-hybridized carbons (Fsp3) is 0.250. The first-order chi connectivity index (χ1) is 21.2. The molecule has 2 aromatic heterocycles. The van der Waals surface area contributed by atoms with Gasteiger partial charge in [-0.3, -0.25) is 14.3 Å². The van der Waals surface area contributed by atoms with Crippen LogP contribution in [0.2, 0.25) is 0 Å². The predicted octanol–water partition coefficient (Wildman–Crippen LogP) is 5.19. The standard InChI is InChI=1S/C28H24F7N5O5/c1-13(12-41)36-20-9-8-17(28(33,34)35)24(37-20)40-26(43)22(38-25(42)14-4-6-15(7-5-14)45-27(31)32)23(39(40)2)21-18(29)10-16(44-3)11-19(21)30/h4-11,13,27,41H,12H2,1-3H3,(H,36,37)(H,38,42). The molecule has 0 saturated heterocycles. The van der Waals surface area contributed by atoms with Crippen LogP contribution in [-0.4, -0.2) is 51.7 Å². The Morgan fingerprint density at radius 2 is 1.67 bits per heavy atom. The molecule has 2 heterocycles. The maximum absolute atomic E-state index is 15.3. The van der Waals surface area contributed by atoms with E-state index in [0.717, 1.165) is 56.6 Å². The number of hydrogen-bond donors (Lipinski definition) is 3. The number of benzene rings is 2. The number of aliphatic hydroxyl groups is 1. The smallest absolute Gasteiger partial charge is 0.420 e. The van der Waals surface area contributed by atoms with E-state index in [4.69, 9.17) is 4.74 Å². The summed E-state index contributed by atoms with van der Waals surface area (Å²) in [6, 6.07) is 6.54. The minimum atomic E-state index is -5.07. The highest BCUT2D eigenvalue weighted by Crippen LogP contribution is 2.37. The van der Waals surface area contributed by atoms with Crippen molar-refractivity contribution in [2.75, 3.05) is 24.4 Å². The van der Waals surface area contributed by atoms with Gasteiger partial charge >= 0.3 is 12.8 Å². The summed E-state index contributed by atoms with van der Waals surface area (Å²) in [7, 11) is 2.15. The van der Waals surface area contributed by atoms with Crippen LogP contribution >= 0.6 is 0 Å². The topological polar surface area (TPSA) is 120 Å². The van der Waals surface area contributed by atoms with E-state index in [2.05, 4.69) is 20.4 Å². The normalized spacial score (nSPS) is 12.3. The monoisotopic (exact) mass is 643 g/mol. The Hall–Kier alpha value is -5.06. The number of amides is 1. The second-order valence-electron chi connectivity index (χ2n) is 9.48. The Bertz CT molecular complexity index is 1750. The van der Waals surface area contributed by atoms with Gasteiger partial charge in [-0.1, -0.05) is 0 Å². The number of nitrogens with one attached hydrogen (secondary N) is 2. The van der Waals surface area contributed by atoms with E-state index in [0.29, 0.717) is 15.4 Å². The lowest BCUT2D eigenvalue weighted by Gasteiger charge is -2.18. The highest BCUT2D eigenvalue weighted by Gasteiger charge is 2.38. The molecule has 3 N–H and O–H groups in total. The summed E-state index contributed by atoms with van der Waals surface area (Å²) in [5, 5.41) is 14.2. The maximum atomic E-state index is 15.3. The molecule has 17 heteroatoms. The molecule has 0 spiro atoms. The minimum Gasteiger partial charge on any atom is -0.497 e. The summed E-state index contributed by atoms with van der Waals surface area (Å²) < 4.78 is 108. The van der Waals surface area contributed by atoms with Gasteiger partial charge in [0, 0.05) is 30.8 Å². The Morgan fingerprint density at radius 3 is 2.20 bits per heavy atom. The molecule has 4 aromatic rings. The maximum Gasteiger partial charge on any atom is 0.420 e. The van der Waals surface area contributed by atoms with Crippen molar-refractivity contribution in [2.24, 2.45) is 7.05 Å². The van der Waals surface area contributed by atoms with Crippen molar-refractivity contribution in [3.05, 3.63) is 81.6 Å². The molecule has 2 aromatic carbocycles. The van der Waals surface area contributed by atoms with E-state index in [-0.39, 0.29) is 22.9 Å². The number of pyridine rings is 1. The first-order valence-corrected chi connectivity index (χ1v) is 12.8. The second kappa shape index (κ2) is 12.9. The van der Waals surface area contributed by atoms with Gasteiger partial charge in [0.1, 0.15) is 45.9 Å². The quantitative estimate of drug-likeness (QED) is 0.204. The van der Waals surface area contributed by atoms with Gasteiger partial charge in [0.15, 0.2) is 5.82 Å². The molecule has 0 aliphatic carbocycles. The van der Waals surface area contributed by atoms with Gasteiger partial charge in [-0.15, -0.1) is 0 Å². The molecule has 0 aliphatic rings. The Kier molecular flexibility index (Phi) is 9.41. The number of anilines is 2. The predicted molar refractivity (Wildman–Crippen MR) is 147 cm³/mol. The van der Waals surface area contributed by atoms with Crippen molar-refractivity contribution in [1.82, 2.24) is 14.3 Å². The van der Waals surface area contributed by atoms with Crippen LogP contribution in [0.25, 0.3) is 17.1 Å². The zero-order chi connectivity index (χ0) is 33.2. The van der Waals surface area contributed by atoms with Crippen LogP contribution in [0.4, 0.5) is 42.2 Å². The van der Waals surface area contributed by atoms with Crippen molar-refractivity contribution in [3.8, 4) is 28.6 Å². The number of rotatable bonds is 10. The van der Waals surface area contributed by atoms with Crippen molar-refractivity contribution < 1.29 is 50.1 Å². The van der Waals surface area contributed by atoms with Crippen LogP contribution in [-0.2, 0) is 13.2 Å². The number of nitrogens with zero attached hydrogens (tertiary/aromatic N) is 3. The molecule has 0 fully saturated rings. The SMILES string of the molecule is COc1cc(F)c(-c2c(NC(=O)c3ccc(OC(F)F)cc3)c(=O)n(-c3nc(NC(C)CO)ccc3C(F)(F)F)n2C)c(F)c1. The molecular weight excluding hydrogens is 619 g/mol. The molecule has 45 heavy (non-hydrogen) atoms. The summed E-state index contributed by atoms with van der Waals surface area (Å²) in [6.45, 7) is -2.07. The number of carbonyl (C=O) groups is 1. The second-order valence-corrected chi connectivity index (χ2v) is 9.48. The third kappa shape index (κ3) is 6.87. The average molecular weight is 644 g/mol.